The van der Waals surface area contributed by atoms with E-state index in [9.17, 15) is 9.59 Å². The molecule has 0 bridgehead atoms. The third-order valence-corrected chi connectivity index (χ3v) is 4.85. The van der Waals surface area contributed by atoms with Crippen LogP contribution in [0.1, 0.15) is 32.1 Å². The van der Waals surface area contributed by atoms with Crippen molar-refractivity contribution in [2.75, 3.05) is 53.6 Å². The fourth-order valence-electron chi connectivity index (χ4n) is 3.61. The van der Waals surface area contributed by atoms with Crippen LogP contribution in [0.15, 0.2) is 0 Å². The maximum Gasteiger partial charge on any atom is 0.224 e. The van der Waals surface area contributed by atoms with Gasteiger partial charge in [-0.2, -0.15) is 0 Å². The summed E-state index contributed by atoms with van der Waals surface area (Å²) in [5.41, 5.74) is 0.0721. The number of hydrogen-bond donors (Lipinski definition) is 0. The maximum atomic E-state index is 12.2. The van der Waals surface area contributed by atoms with E-state index in [1.807, 2.05) is 9.80 Å². The van der Waals surface area contributed by atoms with Crippen LogP contribution in [0.2, 0.25) is 0 Å². The number of carbonyl (C=O) groups is 2. The molecule has 0 unspecified atom stereocenters. The Kier molecular flexibility index (Phi) is 6.20. The molecule has 6 heteroatoms. The first-order chi connectivity index (χ1) is 10.6. The highest BCUT2D eigenvalue weighted by Gasteiger charge is 2.42. The minimum Gasteiger partial charge on any atom is -0.384 e. The average molecular weight is 312 g/mol. The summed E-state index contributed by atoms with van der Waals surface area (Å²) in [5.74, 6) is 0.381. The summed E-state index contributed by atoms with van der Waals surface area (Å²) in [5, 5.41) is 0. The Bertz CT molecular complexity index is 402. The standard InChI is InChI=1S/C16H28N2O4/c1-21-10-5-15(20)17-8-3-6-16(12-17)7-4-14(19)18(13-16)9-11-22-2/h3-13H2,1-2H3/t16-/m1/s1. The van der Waals surface area contributed by atoms with E-state index in [0.29, 0.717) is 32.6 Å². The lowest BCUT2D eigenvalue weighted by Crippen LogP contribution is -2.55. The van der Waals surface area contributed by atoms with Gasteiger partial charge in [0.25, 0.3) is 0 Å². The summed E-state index contributed by atoms with van der Waals surface area (Å²) >= 11 is 0. The lowest BCUT2D eigenvalue weighted by atomic mass is 9.73. The molecule has 2 saturated heterocycles. The number of ether oxygens (including phenoxy) is 2. The normalized spacial score (nSPS) is 25.8. The molecule has 0 radical (unpaired) electrons. The number of likely N-dealkylation sites (tertiary alicyclic amines) is 2. The molecule has 0 aromatic rings. The van der Waals surface area contributed by atoms with Gasteiger partial charge < -0.3 is 19.3 Å². The van der Waals surface area contributed by atoms with Crippen LogP contribution in [0.5, 0.6) is 0 Å². The Morgan fingerprint density at radius 1 is 1.18 bits per heavy atom. The SMILES string of the molecule is COCCC(=O)N1CCC[C@@]2(CCC(=O)N(CCOC)C2)C1. The lowest BCUT2D eigenvalue weighted by Gasteiger charge is -2.48. The molecule has 2 aliphatic heterocycles. The Morgan fingerprint density at radius 3 is 2.68 bits per heavy atom. The van der Waals surface area contributed by atoms with Gasteiger partial charge in [-0.05, 0) is 19.3 Å². The maximum absolute atomic E-state index is 12.2. The molecule has 0 saturated carbocycles. The van der Waals surface area contributed by atoms with E-state index < -0.39 is 0 Å². The molecule has 1 spiro atoms. The van der Waals surface area contributed by atoms with Crippen molar-refractivity contribution >= 4 is 11.8 Å². The summed E-state index contributed by atoms with van der Waals surface area (Å²) in [6.07, 6.45) is 4.04. The topological polar surface area (TPSA) is 59.1 Å². The molecular weight excluding hydrogens is 284 g/mol. The third-order valence-electron chi connectivity index (χ3n) is 4.85. The van der Waals surface area contributed by atoms with Gasteiger partial charge in [-0.25, -0.2) is 0 Å². The van der Waals surface area contributed by atoms with E-state index in [0.717, 1.165) is 38.9 Å². The average Bonchev–Trinajstić information content (AvgIpc) is 2.54. The highest BCUT2D eigenvalue weighted by Crippen LogP contribution is 2.38. The minimum absolute atomic E-state index is 0.0721. The van der Waals surface area contributed by atoms with E-state index in [1.54, 1.807) is 14.2 Å². The molecule has 6 nitrogen and oxygen atoms in total. The van der Waals surface area contributed by atoms with Crippen molar-refractivity contribution in [1.82, 2.24) is 9.80 Å². The molecular formula is C16H28N2O4. The predicted molar refractivity (Wildman–Crippen MR) is 82.4 cm³/mol. The first kappa shape index (κ1) is 17.2. The first-order valence-electron chi connectivity index (χ1n) is 8.14. The van der Waals surface area contributed by atoms with E-state index in [-0.39, 0.29) is 17.2 Å². The number of hydrogen-bond acceptors (Lipinski definition) is 4. The van der Waals surface area contributed by atoms with Crippen LogP contribution in [0.25, 0.3) is 0 Å². The van der Waals surface area contributed by atoms with E-state index in [4.69, 9.17) is 9.47 Å². The molecule has 0 N–H and O–H groups in total. The van der Waals surface area contributed by atoms with Crippen molar-refractivity contribution in [2.45, 2.75) is 32.1 Å². The molecule has 0 aromatic heterocycles. The molecule has 0 aromatic carbocycles. The molecule has 2 fully saturated rings. The smallest absolute Gasteiger partial charge is 0.224 e. The van der Waals surface area contributed by atoms with Gasteiger partial charge in [-0.15, -0.1) is 0 Å². The summed E-state index contributed by atoms with van der Waals surface area (Å²) in [7, 11) is 3.27. The van der Waals surface area contributed by atoms with Crippen molar-refractivity contribution in [1.29, 1.82) is 0 Å². The molecule has 2 heterocycles. The van der Waals surface area contributed by atoms with E-state index in [2.05, 4.69) is 0 Å². The summed E-state index contributed by atoms with van der Waals surface area (Å²) in [6.45, 7) is 4.04. The molecule has 0 aliphatic carbocycles. The van der Waals surface area contributed by atoms with Crippen LogP contribution in [0, 0.1) is 5.41 Å². The second-order valence-corrected chi connectivity index (χ2v) is 6.47. The monoisotopic (exact) mass is 312 g/mol. The highest BCUT2D eigenvalue weighted by atomic mass is 16.5. The zero-order chi connectivity index (χ0) is 16.0. The summed E-state index contributed by atoms with van der Waals surface area (Å²) in [4.78, 5) is 28.2. The van der Waals surface area contributed by atoms with E-state index >= 15 is 0 Å². The van der Waals surface area contributed by atoms with Crippen molar-refractivity contribution in [2.24, 2.45) is 5.41 Å². The number of piperidine rings is 2. The van der Waals surface area contributed by atoms with Gasteiger partial charge in [-0.1, -0.05) is 0 Å². The van der Waals surface area contributed by atoms with Crippen molar-refractivity contribution < 1.29 is 19.1 Å². The molecule has 2 aliphatic rings. The van der Waals surface area contributed by atoms with Gasteiger partial charge in [0, 0.05) is 52.2 Å². The van der Waals surface area contributed by atoms with Gasteiger partial charge in [0.15, 0.2) is 0 Å². The van der Waals surface area contributed by atoms with Crippen molar-refractivity contribution in [3.63, 3.8) is 0 Å². The van der Waals surface area contributed by atoms with Gasteiger partial charge in [0.05, 0.1) is 19.6 Å². The van der Waals surface area contributed by atoms with E-state index in [1.165, 1.54) is 0 Å². The number of rotatable bonds is 6. The predicted octanol–water partition coefficient (Wildman–Crippen LogP) is 0.901. The Labute approximate surface area is 132 Å². The molecule has 1 atom stereocenters. The molecule has 126 valence electrons. The van der Waals surface area contributed by atoms with Gasteiger partial charge in [-0.3, -0.25) is 9.59 Å². The number of methoxy groups -OCH3 is 2. The van der Waals surface area contributed by atoms with Crippen LogP contribution in [-0.4, -0.2) is 75.2 Å². The van der Waals surface area contributed by atoms with Crippen LogP contribution >= 0.6 is 0 Å². The molecule has 2 rings (SSSR count). The zero-order valence-corrected chi connectivity index (χ0v) is 13.8. The highest BCUT2D eigenvalue weighted by molar-refractivity contribution is 5.78. The quantitative estimate of drug-likeness (QED) is 0.731. The lowest BCUT2D eigenvalue weighted by molar-refractivity contribution is -0.144. The number of nitrogens with zero attached hydrogens (tertiary/aromatic N) is 2. The second kappa shape index (κ2) is 7.92. The molecule has 2 amide bonds. The largest absolute Gasteiger partial charge is 0.384 e. The molecule has 22 heavy (non-hydrogen) atoms. The fourth-order valence-corrected chi connectivity index (χ4v) is 3.61. The van der Waals surface area contributed by atoms with Gasteiger partial charge >= 0.3 is 0 Å². The van der Waals surface area contributed by atoms with Gasteiger partial charge in [0.2, 0.25) is 11.8 Å². The second-order valence-electron chi connectivity index (χ2n) is 6.47. The number of amides is 2. The van der Waals surface area contributed by atoms with Gasteiger partial charge in [0.1, 0.15) is 0 Å². The van der Waals surface area contributed by atoms with Crippen LogP contribution < -0.4 is 0 Å². The van der Waals surface area contributed by atoms with Crippen molar-refractivity contribution in [3.05, 3.63) is 0 Å². The Balaban J connectivity index is 1.96. The van der Waals surface area contributed by atoms with Crippen LogP contribution in [-0.2, 0) is 19.1 Å². The third kappa shape index (κ3) is 4.20. The van der Waals surface area contributed by atoms with Crippen LogP contribution in [0.3, 0.4) is 0 Å². The zero-order valence-electron chi connectivity index (χ0n) is 13.8. The summed E-state index contributed by atoms with van der Waals surface area (Å²) < 4.78 is 10.1. The summed E-state index contributed by atoms with van der Waals surface area (Å²) in [6, 6.07) is 0. The first-order valence-corrected chi connectivity index (χ1v) is 8.14. The van der Waals surface area contributed by atoms with Crippen molar-refractivity contribution in [3.8, 4) is 0 Å². The fraction of sp³-hybridized carbons (Fsp3) is 0.875. The Morgan fingerprint density at radius 2 is 1.95 bits per heavy atom. The minimum atomic E-state index is 0.0721. The number of carbonyl (C=O) groups excluding carboxylic acids is 2. The van der Waals surface area contributed by atoms with Crippen LogP contribution in [0.4, 0.5) is 0 Å². The Hall–Kier alpha value is -1.14.